The van der Waals surface area contributed by atoms with Crippen molar-refractivity contribution < 1.29 is 9.13 Å². The average Bonchev–Trinajstić information content (AvgIpc) is 3.19. The number of fused-ring (bicyclic) bond motifs is 1. The lowest BCUT2D eigenvalue weighted by atomic mass is 10.1. The van der Waals surface area contributed by atoms with E-state index < -0.39 is 17.1 Å². The molecule has 0 unspecified atom stereocenters. The number of halogens is 3. The Balaban J connectivity index is 2.05. The first kappa shape index (κ1) is 22.2. The molecule has 4 aromatic rings. The Morgan fingerprint density at radius 3 is 2.75 bits per heavy atom. The second-order valence-electron chi connectivity index (χ2n) is 6.64. The van der Waals surface area contributed by atoms with Gasteiger partial charge in [0.05, 0.1) is 42.0 Å². The number of pyridine rings is 1. The number of thiophene rings is 1. The molecule has 3 heterocycles. The first-order valence-electron chi connectivity index (χ1n) is 9.16. The number of hydrogen-bond acceptors (Lipinski definition) is 6. The fourth-order valence-electron chi connectivity index (χ4n) is 3.28. The van der Waals surface area contributed by atoms with Crippen LogP contribution >= 0.6 is 38.9 Å². The molecule has 0 aliphatic heterocycles. The second kappa shape index (κ2) is 8.86. The van der Waals surface area contributed by atoms with Crippen LogP contribution in [-0.4, -0.2) is 21.2 Å². The zero-order valence-electron chi connectivity index (χ0n) is 16.4. The van der Waals surface area contributed by atoms with Crippen molar-refractivity contribution in [2.24, 2.45) is 0 Å². The summed E-state index contributed by atoms with van der Waals surface area (Å²) >= 11 is 10.7. The number of nitrogens with zero attached hydrogens (tertiary/aromatic N) is 4. The first-order chi connectivity index (χ1) is 15.3. The van der Waals surface area contributed by atoms with Crippen molar-refractivity contribution in [3.63, 3.8) is 0 Å². The number of hydrogen-bond donors (Lipinski definition) is 0. The van der Waals surface area contributed by atoms with Crippen LogP contribution in [0, 0.1) is 17.1 Å². The fourth-order valence-corrected chi connectivity index (χ4v) is 5.07. The van der Waals surface area contributed by atoms with E-state index in [1.165, 1.54) is 30.1 Å². The van der Waals surface area contributed by atoms with Gasteiger partial charge in [-0.1, -0.05) is 11.6 Å². The molecule has 0 atom stereocenters. The summed E-state index contributed by atoms with van der Waals surface area (Å²) in [7, 11) is 1.34. The van der Waals surface area contributed by atoms with E-state index in [2.05, 4.69) is 20.9 Å². The Morgan fingerprint density at radius 2 is 2.06 bits per heavy atom. The molecule has 0 saturated carbocycles. The smallest absolute Gasteiger partial charge is 0.336 e. The Bertz CT molecular complexity index is 1520. The van der Waals surface area contributed by atoms with Crippen molar-refractivity contribution in [3.8, 4) is 27.9 Å². The van der Waals surface area contributed by atoms with Crippen LogP contribution in [0.15, 0.2) is 50.7 Å². The highest BCUT2D eigenvalue weighted by molar-refractivity contribution is 9.10. The summed E-state index contributed by atoms with van der Waals surface area (Å²) in [6, 6.07) is 7.84. The molecule has 0 fully saturated rings. The van der Waals surface area contributed by atoms with Gasteiger partial charge in [0.2, 0.25) is 0 Å². The maximum Gasteiger partial charge on any atom is 0.336 e. The lowest BCUT2D eigenvalue weighted by Gasteiger charge is -2.10. The van der Waals surface area contributed by atoms with Crippen molar-refractivity contribution in [2.75, 3.05) is 7.11 Å². The van der Waals surface area contributed by atoms with Crippen LogP contribution in [0.2, 0.25) is 5.02 Å². The van der Waals surface area contributed by atoms with Crippen LogP contribution < -0.4 is 16.0 Å². The van der Waals surface area contributed by atoms with Gasteiger partial charge in [0.25, 0.3) is 5.56 Å². The molecule has 11 heteroatoms. The minimum Gasteiger partial charge on any atom is -0.494 e. The van der Waals surface area contributed by atoms with Crippen molar-refractivity contribution >= 4 is 49.1 Å². The van der Waals surface area contributed by atoms with Gasteiger partial charge in [-0.2, -0.15) is 5.26 Å². The fraction of sp³-hybridized carbons (Fsp3) is 0.143. The molecule has 162 valence electrons. The monoisotopic (exact) mass is 534 g/mol. The molecule has 0 amide bonds. The highest BCUT2D eigenvalue weighted by Gasteiger charge is 2.20. The van der Waals surface area contributed by atoms with E-state index >= 15 is 0 Å². The molecule has 0 bridgehead atoms. The first-order valence-corrected chi connectivity index (χ1v) is 11.1. The number of aryl methyl sites for hydroxylation is 1. The molecule has 3 aromatic heterocycles. The van der Waals surface area contributed by atoms with Crippen LogP contribution in [0.4, 0.5) is 4.39 Å². The third kappa shape index (κ3) is 3.83. The van der Waals surface area contributed by atoms with Gasteiger partial charge in [-0.25, -0.2) is 13.8 Å². The number of nitriles is 1. The molecule has 0 spiro atoms. The number of benzene rings is 1. The van der Waals surface area contributed by atoms with E-state index in [1.807, 2.05) is 6.07 Å². The Hall–Kier alpha value is -3.00. The second-order valence-corrected chi connectivity index (χ2v) is 9.01. The van der Waals surface area contributed by atoms with Crippen LogP contribution in [0.25, 0.3) is 26.3 Å². The van der Waals surface area contributed by atoms with Crippen molar-refractivity contribution in [1.82, 2.24) is 14.1 Å². The lowest BCUT2D eigenvalue weighted by molar-refractivity contribution is 0.387. The summed E-state index contributed by atoms with van der Waals surface area (Å²) in [6.45, 7) is 0.0875. The lowest BCUT2D eigenvalue weighted by Crippen LogP contribution is -2.38. The van der Waals surface area contributed by atoms with Gasteiger partial charge >= 0.3 is 5.69 Å². The summed E-state index contributed by atoms with van der Waals surface area (Å²) in [5.74, 6) is -0.612. The van der Waals surface area contributed by atoms with Crippen molar-refractivity contribution in [2.45, 2.75) is 13.0 Å². The van der Waals surface area contributed by atoms with E-state index in [0.29, 0.717) is 26.1 Å². The number of rotatable bonds is 5. The summed E-state index contributed by atoms with van der Waals surface area (Å²) in [4.78, 5) is 31.2. The predicted molar refractivity (Wildman–Crippen MR) is 124 cm³/mol. The van der Waals surface area contributed by atoms with E-state index in [0.717, 1.165) is 22.0 Å². The quantitative estimate of drug-likeness (QED) is 0.368. The highest BCUT2D eigenvalue weighted by atomic mass is 79.9. The van der Waals surface area contributed by atoms with Crippen molar-refractivity contribution in [1.29, 1.82) is 5.26 Å². The summed E-state index contributed by atoms with van der Waals surface area (Å²) < 4.78 is 22.3. The zero-order valence-corrected chi connectivity index (χ0v) is 19.6. The van der Waals surface area contributed by atoms with Gasteiger partial charge < -0.3 is 4.74 Å². The summed E-state index contributed by atoms with van der Waals surface area (Å²) in [5, 5.41) is 9.19. The Labute approximate surface area is 198 Å². The number of aromatic nitrogens is 3. The molecule has 0 aliphatic rings. The third-order valence-corrected chi connectivity index (χ3v) is 6.62. The highest BCUT2D eigenvalue weighted by Crippen LogP contribution is 2.38. The van der Waals surface area contributed by atoms with Gasteiger partial charge in [-0.15, -0.1) is 11.3 Å². The van der Waals surface area contributed by atoms with Gasteiger partial charge in [-0.3, -0.25) is 14.3 Å². The normalized spacial score (nSPS) is 11.0. The van der Waals surface area contributed by atoms with E-state index in [4.69, 9.17) is 21.6 Å². The van der Waals surface area contributed by atoms with Gasteiger partial charge in [-0.05, 0) is 40.2 Å². The number of methoxy groups -OCH3 is 1. The Morgan fingerprint density at radius 1 is 1.28 bits per heavy atom. The topological polar surface area (TPSA) is 89.9 Å². The van der Waals surface area contributed by atoms with Crippen LogP contribution in [0.3, 0.4) is 0 Å². The molecule has 1 aromatic carbocycles. The van der Waals surface area contributed by atoms with Crippen LogP contribution in [-0.2, 0) is 6.54 Å². The Kier molecular flexibility index (Phi) is 6.15. The van der Waals surface area contributed by atoms with Crippen LogP contribution in [0.5, 0.6) is 5.75 Å². The molecular formula is C21H13BrClFN4O3S. The van der Waals surface area contributed by atoms with Crippen molar-refractivity contribution in [3.05, 3.63) is 72.8 Å². The van der Waals surface area contributed by atoms with E-state index in [-0.39, 0.29) is 28.4 Å². The molecule has 0 radical (unpaired) electrons. The average molecular weight is 536 g/mol. The molecule has 0 N–H and O–H groups in total. The van der Waals surface area contributed by atoms with Gasteiger partial charge in [0.1, 0.15) is 4.70 Å². The van der Waals surface area contributed by atoms with Crippen LogP contribution in [0.1, 0.15) is 6.42 Å². The SMILES string of the molecule is COc1cc(-c2cc3c(s2)c(=O)n(-c2cncc(Br)c2)c(=O)n3CCC#N)c(Cl)cc1F. The predicted octanol–water partition coefficient (Wildman–Crippen LogP) is 4.75. The maximum absolute atomic E-state index is 14.0. The maximum atomic E-state index is 14.0. The minimum absolute atomic E-state index is 0.00125. The molecule has 0 aliphatic carbocycles. The van der Waals surface area contributed by atoms with Gasteiger partial charge in [0, 0.05) is 27.7 Å². The zero-order chi connectivity index (χ0) is 23.0. The van der Waals surface area contributed by atoms with E-state index in [9.17, 15) is 14.0 Å². The molecule has 7 nitrogen and oxygen atoms in total. The molecule has 4 rings (SSSR count). The minimum atomic E-state index is -0.613. The third-order valence-electron chi connectivity index (χ3n) is 4.73. The molecular weight excluding hydrogens is 523 g/mol. The molecule has 32 heavy (non-hydrogen) atoms. The summed E-state index contributed by atoms with van der Waals surface area (Å²) in [5.41, 5.74) is -0.00274. The molecule has 0 saturated heterocycles. The van der Waals surface area contributed by atoms with Gasteiger partial charge in [0.15, 0.2) is 11.6 Å². The summed E-state index contributed by atoms with van der Waals surface area (Å²) in [6.07, 6.45) is 3.01. The standard InChI is InChI=1S/C21H13BrClFN4O3S/c1-31-17-6-13(14(23)7-15(17)24)18-8-16-19(32-18)20(29)28(12-5-11(22)9-26-10-12)21(30)27(16)4-2-3-25/h5-10H,2,4H2,1H3. The van der Waals surface area contributed by atoms with E-state index in [1.54, 1.807) is 12.1 Å². The largest absolute Gasteiger partial charge is 0.494 e. The number of ether oxygens (including phenoxy) is 1.